The molecule has 0 saturated carbocycles. The molecule has 0 atom stereocenters. The summed E-state index contributed by atoms with van der Waals surface area (Å²) in [5, 5.41) is 2.84. The van der Waals surface area contributed by atoms with Crippen molar-refractivity contribution in [2.24, 2.45) is 0 Å². The van der Waals surface area contributed by atoms with Crippen LogP contribution in [-0.2, 0) is 4.79 Å². The van der Waals surface area contributed by atoms with Crippen molar-refractivity contribution in [2.45, 2.75) is 25.7 Å². The van der Waals surface area contributed by atoms with Crippen LogP contribution in [0.5, 0.6) is 0 Å². The summed E-state index contributed by atoms with van der Waals surface area (Å²) >= 11 is 0. The lowest BCUT2D eigenvalue weighted by Crippen LogP contribution is -2.11. The van der Waals surface area contributed by atoms with E-state index in [1.54, 1.807) is 0 Å². The lowest BCUT2D eigenvalue weighted by atomic mass is 10.0. The highest BCUT2D eigenvalue weighted by molar-refractivity contribution is 5.96. The van der Waals surface area contributed by atoms with Gasteiger partial charge >= 0.3 is 0 Å². The van der Waals surface area contributed by atoms with Gasteiger partial charge in [-0.2, -0.15) is 0 Å². The molecule has 3 nitrogen and oxygen atoms in total. The number of para-hydroxylation sites is 1. The number of carbonyl (C=O) groups excluding carboxylic acids is 2. The molecule has 0 aliphatic rings. The van der Waals surface area contributed by atoms with Crippen LogP contribution in [0.1, 0.15) is 36.0 Å². The van der Waals surface area contributed by atoms with Crippen LogP contribution < -0.4 is 5.32 Å². The molecule has 2 rings (SSSR count). The maximum absolute atomic E-state index is 11.9. The van der Waals surface area contributed by atoms with Gasteiger partial charge in [0, 0.05) is 24.1 Å². The molecule has 21 heavy (non-hydrogen) atoms. The van der Waals surface area contributed by atoms with Crippen LogP contribution in [0, 0.1) is 0 Å². The van der Waals surface area contributed by atoms with Crippen LogP contribution in [0.4, 0.5) is 5.69 Å². The zero-order chi connectivity index (χ0) is 14.9. The number of rotatable bonds is 7. The minimum Gasteiger partial charge on any atom is -0.326 e. The Kier molecular flexibility index (Phi) is 5.71. The Balaban J connectivity index is 1.66. The zero-order valence-corrected chi connectivity index (χ0v) is 11.9. The van der Waals surface area contributed by atoms with E-state index < -0.39 is 0 Å². The van der Waals surface area contributed by atoms with Crippen molar-refractivity contribution in [3.63, 3.8) is 0 Å². The maximum Gasteiger partial charge on any atom is 0.224 e. The average molecular weight is 281 g/mol. The number of amides is 1. The number of nitrogens with one attached hydrogen (secondary N) is 1. The van der Waals surface area contributed by atoms with Gasteiger partial charge in [0.05, 0.1) is 0 Å². The van der Waals surface area contributed by atoms with Gasteiger partial charge in [-0.1, -0.05) is 48.5 Å². The molecule has 0 saturated heterocycles. The van der Waals surface area contributed by atoms with E-state index in [0.717, 1.165) is 24.1 Å². The molecule has 0 radical (unpaired) electrons. The molecule has 0 heterocycles. The molecule has 0 bridgehead atoms. The normalized spacial score (nSPS) is 10.1. The second-order valence-corrected chi connectivity index (χ2v) is 4.91. The second kappa shape index (κ2) is 8.00. The monoisotopic (exact) mass is 281 g/mol. The lowest BCUT2D eigenvalue weighted by molar-refractivity contribution is -0.116. The topological polar surface area (TPSA) is 46.2 Å². The van der Waals surface area contributed by atoms with Crippen LogP contribution in [0.2, 0.25) is 0 Å². The van der Waals surface area contributed by atoms with Gasteiger partial charge in [0.2, 0.25) is 5.91 Å². The van der Waals surface area contributed by atoms with Crippen molar-refractivity contribution >= 4 is 17.4 Å². The molecule has 0 fully saturated rings. The zero-order valence-electron chi connectivity index (χ0n) is 11.9. The number of anilines is 1. The van der Waals surface area contributed by atoms with E-state index in [4.69, 9.17) is 0 Å². The SMILES string of the molecule is O=C(CCCCC(=O)c1ccccc1)Nc1ccccc1. The number of hydrogen-bond donors (Lipinski definition) is 1. The van der Waals surface area contributed by atoms with Gasteiger partial charge in [0.25, 0.3) is 0 Å². The van der Waals surface area contributed by atoms with Crippen LogP contribution in [-0.4, -0.2) is 11.7 Å². The van der Waals surface area contributed by atoms with Crippen molar-refractivity contribution in [1.29, 1.82) is 0 Å². The molecule has 0 aromatic heterocycles. The Morgan fingerprint density at radius 3 is 2.00 bits per heavy atom. The van der Waals surface area contributed by atoms with E-state index in [9.17, 15) is 9.59 Å². The van der Waals surface area contributed by atoms with E-state index in [0.29, 0.717) is 12.8 Å². The molecule has 3 heteroatoms. The van der Waals surface area contributed by atoms with Gasteiger partial charge in [0.15, 0.2) is 5.78 Å². The highest BCUT2D eigenvalue weighted by Crippen LogP contribution is 2.10. The van der Waals surface area contributed by atoms with Gasteiger partial charge in [-0.15, -0.1) is 0 Å². The fraction of sp³-hybridized carbons (Fsp3) is 0.222. The minimum absolute atomic E-state index is 0.00615. The minimum atomic E-state index is -0.00615. The Hall–Kier alpha value is -2.42. The summed E-state index contributed by atoms with van der Waals surface area (Å²) in [4.78, 5) is 23.6. The fourth-order valence-corrected chi connectivity index (χ4v) is 2.08. The van der Waals surface area contributed by atoms with Crippen LogP contribution in [0.15, 0.2) is 60.7 Å². The summed E-state index contributed by atoms with van der Waals surface area (Å²) in [6.45, 7) is 0. The maximum atomic E-state index is 11.9. The summed E-state index contributed by atoms with van der Waals surface area (Å²) in [5.41, 5.74) is 1.55. The summed E-state index contributed by atoms with van der Waals surface area (Å²) < 4.78 is 0. The number of benzene rings is 2. The summed E-state index contributed by atoms with van der Waals surface area (Å²) in [6, 6.07) is 18.7. The largest absolute Gasteiger partial charge is 0.326 e. The van der Waals surface area contributed by atoms with Gasteiger partial charge in [-0.05, 0) is 25.0 Å². The Morgan fingerprint density at radius 2 is 1.33 bits per heavy atom. The van der Waals surface area contributed by atoms with E-state index in [1.807, 2.05) is 60.7 Å². The quantitative estimate of drug-likeness (QED) is 0.614. The standard InChI is InChI=1S/C18H19NO2/c20-17(15-9-3-1-4-10-15)13-7-8-14-18(21)19-16-11-5-2-6-12-16/h1-6,9-12H,7-8,13-14H2,(H,19,21). The Labute approximate surface area is 125 Å². The molecule has 0 spiro atoms. The highest BCUT2D eigenvalue weighted by Gasteiger charge is 2.06. The molecular formula is C18H19NO2. The van der Waals surface area contributed by atoms with Crippen molar-refractivity contribution in [3.8, 4) is 0 Å². The fourth-order valence-electron chi connectivity index (χ4n) is 2.08. The van der Waals surface area contributed by atoms with Crippen LogP contribution >= 0.6 is 0 Å². The first-order chi connectivity index (χ1) is 10.3. The predicted molar refractivity (Wildman–Crippen MR) is 84.3 cm³/mol. The molecule has 1 N–H and O–H groups in total. The van der Waals surface area contributed by atoms with Crippen LogP contribution in [0.3, 0.4) is 0 Å². The Bertz CT molecular complexity index is 579. The molecule has 2 aromatic carbocycles. The molecule has 2 aromatic rings. The number of unbranched alkanes of at least 4 members (excludes halogenated alkanes) is 1. The Morgan fingerprint density at radius 1 is 0.762 bits per heavy atom. The van der Waals surface area contributed by atoms with Crippen molar-refractivity contribution < 1.29 is 9.59 Å². The third-order valence-electron chi connectivity index (χ3n) is 3.21. The lowest BCUT2D eigenvalue weighted by Gasteiger charge is -2.05. The molecule has 108 valence electrons. The third kappa shape index (κ3) is 5.22. The summed E-state index contributed by atoms with van der Waals surface area (Å²) in [6.07, 6.45) is 2.38. The second-order valence-electron chi connectivity index (χ2n) is 4.91. The number of hydrogen-bond acceptors (Lipinski definition) is 2. The average Bonchev–Trinajstić information content (AvgIpc) is 2.53. The van der Waals surface area contributed by atoms with Gasteiger partial charge < -0.3 is 5.32 Å². The van der Waals surface area contributed by atoms with Gasteiger partial charge in [-0.25, -0.2) is 0 Å². The highest BCUT2D eigenvalue weighted by atomic mass is 16.1. The van der Waals surface area contributed by atoms with Crippen molar-refractivity contribution in [3.05, 3.63) is 66.2 Å². The summed E-state index contributed by atoms with van der Waals surface area (Å²) in [5.74, 6) is 0.132. The molecule has 0 aliphatic heterocycles. The predicted octanol–water partition coefficient (Wildman–Crippen LogP) is 4.07. The van der Waals surface area contributed by atoms with E-state index >= 15 is 0 Å². The number of Topliss-reactive ketones (excluding diaryl/α,β-unsaturated/α-hetero) is 1. The number of ketones is 1. The molecule has 0 aliphatic carbocycles. The van der Waals surface area contributed by atoms with Crippen molar-refractivity contribution in [1.82, 2.24) is 0 Å². The van der Waals surface area contributed by atoms with E-state index in [2.05, 4.69) is 5.32 Å². The number of carbonyl (C=O) groups is 2. The molecule has 0 unspecified atom stereocenters. The van der Waals surface area contributed by atoms with E-state index in [-0.39, 0.29) is 11.7 Å². The van der Waals surface area contributed by atoms with Crippen LogP contribution in [0.25, 0.3) is 0 Å². The van der Waals surface area contributed by atoms with E-state index in [1.165, 1.54) is 0 Å². The molecule has 1 amide bonds. The van der Waals surface area contributed by atoms with Gasteiger partial charge in [0.1, 0.15) is 0 Å². The van der Waals surface area contributed by atoms with Gasteiger partial charge in [-0.3, -0.25) is 9.59 Å². The smallest absolute Gasteiger partial charge is 0.224 e. The first-order valence-electron chi connectivity index (χ1n) is 7.19. The molecular weight excluding hydrogens is 262 g/mol. The first-order valence-corrected chi connectivity index (χ1v) is 7.19. The third-order valence-corrected chi connectivity index (χ3v) is 3.21. The van der Waals surface area contributed by atoms with Crippen molar-refractivity contribution in [2.75, 3.05) is 5.32 Å². The first kappa shape index (κ1) is 15.0. The summed E-state index contributed by atoms with van der Waals surface area (Å²) in [7, 11) is 0.